The molecule has 0 radical (unpaired) electrons. The smallest absolute Gasteiger partial charge is 0.407 e. The number of esters is 2. The van der Waals surface area contributed by atoms with Gasteiger partial charge in [0.05, 0.1) is 61.7 Å². The van der Waals surface area contributed by atoms with Crippen molar-refractivity contribution in [3.8, 4) is 23.0 Å². The predicted octanol–water partition coefficient (Wildman–Crippen LogP) is 3.80. The summed E-state index contributed by atoms with van der Waals surface area (Å²) >= 11 is 0. The first-order chi connectivity index (χ1) is 38.8. The number of likely N-dealkylation sites (N-methyl/N-ethyl adjacent to an activating group) is 2. The number of ether oxygens (including phenoxy) is 9. The van der Waals surface area contributed by atoms with Crippen LogP contribution in [0.5, 0.6) is 23.0 Å². The quantitative estimate of drug-likeness (QED) is 0.0565. The molecular weight excluding hydrogens is 1060 g/mol. The summed E-state index contributed by atoms with van der Waals surface area (Å²) in [4.78, 5) is 78.3. The number of benzene rings is 3. The number of amides is 2. The second kappa shape index (κ2) is 22.5. The van der Waals surface area contributed by atoms with Crippen molar-refractivity contribution in [2.75, 3.05) is 61.7 Å². The summed E-state index contributed by atoms with van der Waals surface area (Å²) in [6, 6.07) is 14.1. The molecular formula is C58H68N4O19. The molecule has 2 fully saturated rings. The summed E-state index contributed by atoms with van der Waals surface area (Å²) in [6.45, 7) is 1.55. The summed E-state index contributed by atoms with van der Waals surface area (Å²) in [7, 11) is 8.57. The topological polar surface area (TPSA) is 297 Å². The van der Waals surface area contributed by atoms with E-state index >= 15 is 0 Å². The third-order valence-electron chi connectivity index (χ3n) is 17.7. The highest BCUT2D eigenvalue weighted by Crippen LogP contribution is 2.67. The summed E-state index contributed by atoms with van der Waals surface area (Å²) in [5.41, 5.74) is 0.666. The van der Waals surface area contributed by atoms with E-state index in [9.17, 15) is 44.1 Å². The standard InChI is InChI=1S/C31H34N2O9.C27H34N2O10/c1-33-13-12-30-26-19-8-9-21(39-2)27(26)42-28(30)22(10-11-31(30,38)23(33)14-19)41-25(36)16-20(15-24(34)35)32-29(37)40-17-18-6-4-3-5-7-18;1-29-11-10-26-21-15-4-6-17(36-3)22(21)39-23(26)18(8-9-27(26,34)19(29)14-15)38-24(32)16(5-7-20(30)31)28-25(33)37-13-12-35-2/h3-10,20,23,28,38H,11-17H2,1-2H3,(H,32,37)(H,34,35);4,6,8,16,19,23,34H,5,7,9-14H2,1-3H3,(H,28,33)(H,30,31)/t20?,23-,28+,30+,31-;16?,19-,23+,26+,27-/m11/s1. The fraction of sp³-hybridized carbons (Fsp3) is 0.517. The molecule has 2 amide bonds. The second-order valence-corrected chi connectivity index (χ2v) is 21.9. The molecule has 3 aromatic carbocycles. The molecule has 81 heavy (non-hydrogen) atoms. The van der Waals surface area contributed by atoms with Crippen LogP contribution in [-0.4, -0.2) is 176 Å². The molecule has 3 aromatic rings. The maximum atomic E-state index is 13.3. The van der Waals surface area contributed by atoms with Gasteiger partial charge in [-0.05, 0) is 100 Å². The summed E-state index contributed by atoms with van der Waals surface area (Å²) in [5.74, 6) is -1.25. The maximum Gasteiger partial charge on any atom is 0.407 e. The lowest BCUT2D eigenvalue weighted by atomic mass is 9.50. The molecule has 2 unspecified atom stereocenters. The number of piperidine rings is 2. The lowest BCUT2D eigenvalue weighted by Crippen LogP contribution is -2.74. The van der Waals surface area contributed by atoms with E-state index in [0.717, 1.165) is 34.4 Å². The van der Waals surface area contributed by atoms with Gasteiger partial charge in [-0.3, -0.25) is 14.4 Å². The first-order valence-electron chi connectivity index (χ1n) is 27.1. The Morgan fingerprint density at radius 1 is 0.679 bits per heavy atom. The van der Waals surface area contributed by atoms with Crippen LogP contribution in [0.2, 0.25) is 0 Å². The fourth-order valence-electron chi connectivity index (χ4n) is 14.0. The lowest BCUT2D eigenvalue weighted by Gasteiger charge is -2.61. The minimum absolute atomic E-state index is 0.00397. The average Bonchev–Trinajstić information content (AvgIpc) is 2.00. The van der Waals surface area contributed by atoms with Crippen LogP contribution in [0.1, 0.15) is 79.2 Å². The van der Waals surface area contributed by atoms with Crippen molar-refractivity contribution in [2.45, 2.75) is 129 Å². The SMILES string of the molecule is COCCOC(=O)NC(CCC(=O)O)C(=O)OC1=CC[C@@]2(O)[C@H]3Cc4ccc(OC)c5c4[C@@]2(CCN3C)[C@H]1O5.COc1ccc2c3c1O[C@H]1C(OC(=O)CC(CC(=O)O)NC(=O)OCc4ccccc4)=CC[C@@]4(O)[C@@H](C2)N(C)CC[C@]314. The molecule has 10 atom stereocenters. The second-order valence-electron chi connectivity index (χ2n) is 21.9. The van der Waals surface area contributed by atoms with Crippen molar-refractivity contribution >= 4 is 36.1 Å². The average molecular weight is 1130 g/mol. The molecule has 2 saturated heterocycles. The number of carboxylic acids is 2. The summed E-state index contributed by atoms with van der Waals surface area (Å²) < 4.78 is 50.9. The highest BCUT2D eigenvalue weighted by atomic mass is 16.6. The Balaban J connectivity index is 0.000000182. The Morgan fingerprint density at radius 3 is 1.74 bits per heavy atom. The summed E-state index contributed by atoms with van der Waals surface area (Å²) in [6.07, 6.45) is 1.50. The van der Waals surface area contributed by atoms with Crippen molar-refractivity contribution in [1.29, 1.82) is 0 Å². The molecule has 11 rings (SSSR count). The zero-order valence-corrected chi connectivity index (χ0v) is 45.7. The number of rotatable bonds is 19. The van der Waals surface area contributed by atoms with Gasteiger partial charge in [-0.25, -0.2) is 14.4 Å². The van der Waals surface area contributed by atoms with Crippen molar-refractivity contribution in [3.63, 3.8) is 0 Å². The number of alkyl carbamates (subject to hydrolysis) is 2. The minimum Gasteiger partial charge on any atom is -0.493 e. The third kappa shape index (κ3) is 9.84. The zero-order chi connectivity index (χ0) is 57.6. The van der Waals surface area contributed by atoms with Crippen LogP contribution >= 0.6 is 0 Å². The van der Waals surface area contributed by atoms with Crippen molar-refractivity contribution < 1.29 is 91.8 Å². The van der Waals surface area contributed by atoms with E-state index in [4.69, 9.17) is 47.7 Å². The van der Waals surface area contributed by atoms with Gasteiger partial charge in [0, 0.05) is 49.6 Å². The van der Waals surface area contributed by atoms with Crippen molar-refractivity contribution in [3.05, 3.63) is 106 Å². The lowest BCUT2D eigenvalue weighted by molar-refractivity contribution is -0.170. The fourth-order valence-corrected chi connectivity index (χ4v) is 14.0. The summed E-state index contributed by atoms with van der Waals surface area (Å²) in [5, 5.41) is 48.0. The van der Waals surface area contributed by atoms with Crippen LogP contribution in [-0.2, 0) is 73.1 Å². The number of carbonyl (C=O) groups excluding carboxylic acids is 4. The van der Waals surface area contributed by atoms with Gasteiger partial charge in [0.15, 0.2) is 35.2 Å². The molecule has 23 nitrogen and oxygen atoms in total. The van der Waals surface area contributed by atoms with Crippen LogP contribution in [0.3, 0.4) is 0 Å². The third-order valence-corrected chi connectivity index (χ3v) is 17.7. The predicted molar refractivity (Wildman–Crippen MR) is 283 cm³/mol. The number of aliphatic carboxylic acids is 2. The van der Waals surface area contributed by atoms with E-state index in [-0.39, 0.29) is 69.1 Å². The number of nitrogens with zero attached hydrogens (tertiary/aromatic N) is 2. The Bertz CT molecular complexity index is 3040. The van der Waals surface area contributed by atoms with Crippen LogP contribution in [0.15, 0.2) is 78.3 Å². The molecule has 4 aliphatic carbocycles. The van der Waals surface area contributed by atoms with Gasteiger partial charge in [0.25, 0.3) is 0 Å². The molecule has 23 heteroatoms. The van der Waals surface area contributed by atoms with Gasteiger partial charge in [0.2, 0.25) is 0 Å². The Morgan fingerprint density at radius 2 is 1.22 bits per heavy atom. The Labute approximate surface area is 467 Å². The van der Waals surface area contributed by atoms with Crippen LogP contribution < -0.4 is 29.6 Å². The molecule has 8 aliphatic rings. The minimum atomic E-state index is -1.28. The van der Waals surface area contributed by atoms with Crippen molar-refractivity contribution in [1.82, 2.24) is 20.4 Å². The van der Waals surface area contributed by atoms with Gasteiger partial charge in [-0.2, -0.15) is 0 Å². The van der Waals surface area contributed by atoms with Gasteiger partial charge in [0.1, 0.15) is 30.8 Å². The number of carbonyl (C=O) groups is 6. The van der Waals surface area contributed by atoms with Crippen LogP contribution in [0.25, 0.3) is 0 Å². The Kier molecular flexibility index (Phi) is 15.8. The number of aliphatic hydroxyl groups is 2. The highest BCUT2D eigenvalue weighted by Gasteiger charge is 2.73. The molecule has 4 heterocycles. The molecule has 0 aromatic heterocycles. The molecule has 434 valence electrons. The van der Waals surface area contributed by atoms with Gasteiger partial charge in [-0.1, -0.05) is 42.5 Å². The molecule has 6 N–H and O–H groups in total. The van der Waals surface area contributed by atoms with E-state index in [1.54, 1.807) is 38.5 Å². The first-order valence-corrected chi connectivity index (χ1v) is 27.1. The molecule has 4 bridgehead atoms. The van der Waals surface area contributed by atoms with Crippen LogP contribution in [0.4, 0.5) is 9.59 Å². The molecule has 0 saturated carbocycles. The van der Waals surface area contributed by atoms with Crippen LogP contribution in [0, 0.1) is 0 Å². The van der Waals surface area contributed by atoms with Gasteiger partial charge >= 0.3 is 36.1 Å². The van der Waals surface area contributed by atoms with Crippen molar-refractivity contribution in [2.24, 2.45) is 0 Å². The van der Waals surface area contributed by atoms with E-state index < -0.39 is 95.2 Å². The number of nitrogens with one attached hydrogen (secondary N) is 2. The van der Waals surface area contributed by atoms with Gasteiger partial charge < -0.3 is 83.5 Å². The number of methoxy groups -OCH3 is 3. The van der Waals surface area contributed by atoms with E-state index in [2.05, 4.69) is 20.4 Å². The largest absolute Gasteiger partial charge is 0.493 e. The number of likely N-dealkylation sites (tertiary alicyclic amines) is 2. The first kappa shape index (κ1) is 56.8. The number of hydrogen-bond acceptors (Lipinski definition) is 19. The maximum absolute atomic E-state index is 13.3. The van der Waals surface area contributed by atoms with Gasteiger partial charge in [-0.15, -0.1) is 0 Å². The normalized spacial score (nSPS) is 28.2. The zero-order valence-electron chi connectivity index (χ0n) is 45.7. The van der Waals surface area contributed by atoms with E-state index in [1.807, 2.05) is 56.6 Å². The molecule has 2 spiro atoms. The van der Waals surface area contributed by atoms with E-state index in [1.165, 1.54) is 7.11 Å². The van der Waals surface area contributed by atoms with E-state index in [0.29, 0.717) is 55.2 Å². The number of hydrogen-bond donors (Lipinski definition) is 6. The highest BCUT2D eigenvalue weighted by molar-refractivity contribution is 5.83. The Hall–Kier alpha value is -7.44. The number of carboxylic acid groups (broad SMARTS) is 2. The molecule has 4 aliphatic heterocycles. The monoisotopic (exact) mass is 1120 g/mol.